The van der Waals surface area contributed by atoms with Crippen LogP contribution in [0, 0.1) is 29.6 Å². The van der Waals surface area contributed by atoms with Gasteiger partial charge in [0.2, 0.25) is 0 Å². The van der Waals surface area contributed by atoms with Gasteiger partial charge in [0, 0.05) is 0 Å². The van der Waals surface area contributed by atoms with Gasteiger partial charge < -0.3 is 0 Å². The van der Waals surface area contributed by atoms with Gasteiger partial charge in [0.1, 0.15) is 0 Å². The summed E-state index contributed by atoms with van der Waals surface area (Å²) < 4.78 is 0. The average molecular weight is 508 g/mol. The van der Waals surface area contributed by atoms with Crippen LogP contribution >= 0.6 is 52.6 Å². The molecule has 0 bridgehead atoms. The van der Waals surface area contributed by atoms with Crippen LogP contribution in [-0.2, 0) is 8.26 Å². The summed E-state index contributed by atoms with van der Waals surface area (Å²) in [6.45, 7) is 8.98. The minimum atomic E-state index is 1.23. The van der Waals surface area contributed by atoms with Crippen LogP contribution in [0.2, 0.25) is 0 Å². The van der Waals surface area contributed by atoms with Gasteiger partial charge in [0.05, 0.1) is 0 Å². The van der Waals surface area contributed by atoms with Gasteiger partial charge >= 0.3 is 49.1 Å². The zero-order valence-corrected chi connectivity index (χ0v) is 16.6. The Kier molecular flexibility index (Phi) is 11.6. The number of hydrogen-bond donors (Lipinski definition) is 0. The van der Waals surface area contributed by atoms with Crippen LogP contribution in [0.4, 0.5) is 0 Å². The summed E-state index contributed by atoms with van der Waals surface area (Å²) >= 11 is 6.42. The molecule has 0 aromatic rings. The molecular formula is C12H19CoI2S+. The Morgan fingerprint density at radius 2 is 1.31 bits per heavy atom. The Morgan fingerprint density at radius 1 is 0.938 bits per heavy atom. The van der Waals surface area contributed by atoms with Crippen LogP contribution < -0.4 is 0 Å². The minimum absolute atomic E-state index is 1.23. The molecule has 0 nitrogen and oxygen atoms in total. The van der Waals surface area contributed by atoms with Gasteiger partial charge in [-0.1, -0.05) is 27.7 Å². The summed E-state index contributed by atoms with van der Waals surface area (Å²) in [4.78, 5) is 0. The molecule has 0 amide bonds. The topological polar surface area (TPSA) is 0 Å². The number of rotatable bonds is 3. The van der Waals surface area contributed by atoms with E-state index in [0.29, 0.717) is 0 Å². The molecule has 4 heteroatoms. The summed E-state index contributed by atoms with van der Waals surface area (Å²) in [7, 11) is 1.38. The van der Waals surface area contributed by atoms with Crippen LogP contribution in [-0.4, -0.2) is 12.0 Å². The van der Waals surface area contributed by atoms with Crippen LogP contribution in [0.15, 0.2) is 0 Å². The van der Waals surface area contributed by atoms with E-state index < -0.39 is 0 Å². The maximum atomic E-state index is 2.25. The van der Waals surface area contributed by atoms with Gasteiger partial charge in [-0.2, -0.15) is 11.8 Å². The van der Waals surface area contributed by atoms with Crippen LogP contribution in [0.25, 0.3) is 0 Å². The predicted octanol–water partition coefficient (Wildman–Crippen LogP) is 5.47. The van der Waals surface area contributed by atoms with Crippen molar-refractivity contribution in [1.29, 1.82) is 0 Å². The summed E-state index contributed by atoms with van der Waals surface area (Å²) in [6, 6.07) is 0. The van der Waals surface area contributed by atoms with Crippen molar-refractivity contribution in [2.75, 3.05) is 12.0 Å². The van der Waals surface area contributed by atoms with Gasteiger partial charge in [-0.15, -0.1) is 0 Å². The van der Waals surface area contributed by atoms with E-state index in [9.17, 15) is 0 Å². The summed E-state index contributed by atoms with van der Waals surface area (Å²) in [5.41, 5.74) is 0. The SMILES string of the molecule is CSCC[C]1[C](C)[C](C)[C](C)[C]1C.[I][Co+][I]. The van der Waals surface area contributed by atoms with E-state index in [1.165, 1.54) is 44.1 Å². The first kappa shape index (κ1) is 18.3. The Bertz CT molecular complexity index is 166. The van der Waals surface area contributed by atoms with E-state index in [1.54, 1.807) is 5.92 Å². The predicted molar refractivity (Wildman–Crippen MR) is 90.0 cm³/mol. The van der Waals surface area contributed by atoms with Crippen molar-refractivity contribution in [2.24, 2.45) is 0 Å². The molecule has 0 aliphatic heterocycles. The van der Waals surface area contributed by atoms with Gasteiger partial charge in [-0.05, 0) is 48.0 Å². The van der Waals surface area contributed by atoms with Crippen LogP contribution in [0.3, 0.4) is 0 Å². The monoisotopic (exact) mass is 508 g/mol. The van der Waals surface area contributed by atoms with Crippen molar-refractivity contribution >= 4 is 52.6 Å². The first-order chi connectivity index (χ1) is 7.51. The van der Waals surface area contributed by atoms with Crippen molar-refractivity contribution in [3.63, 3.8) is 0 Å². The fraction of sp³-hybridized carbons (Fsp3) is 0.583. The second-order valence-electron chi connectivity index (χ2n) is 3.77. The quantitative estimate of drug-likeness (QED) is 0.456. The van der Waals surface area contributed by atoms with E-state index >= 15 is 0 Å². The molecule has 0 spiro atoms. The Labute approximate surface area is 135 Å². The molecule has 0 atom stereocenters. The molecular weight excluding hydrogens is 489 g/mol. The number of thioether (sulfide) groups is 1. The molecule has 1 aliphatic rings. The maximum absolute atomic E-state index is 2.25. The average Bonchev–Trinajstić information content (AvgIpc) is 2.43. The third-order valence-corrected chi connectivity index (χ3v) is 3.76. The summed E-state index contributed by atoms with van der Waals surface area (Å²) in [5.74, 6) is 8.85. The third-order valence-electron chi connectivity index (χ3n) is 3.15. The number of halogens is 2. The fourth-order valence-electron chi connectivity index (χ4n) is 1.88. The molecule has 0 heterocycles. The van der Waals surface area contributed by atoms with Crippen LogP contribution in [0.5, 0.6) is 0 Å². The van der Waals surface area contributed by atoms with E-state index in [1.807, 2.05) is 11.8 Å². The second-order valence-corrected chi connectivity index (χ2v) is 13.5. The molecule has 0 unspecified atom stereocenters. The molecule has 5 radical (unpaired) electrons. The van der Waals surface area contributed by atoms with Crippen LogP contribution in [0.1, 0.15) is 34.1 Å². The van der Waals surface area contributed by atoms with Gasteiger partial charge in [-0.25, -0.2) is 0 Å². The van der Waals surface area contributed by atoms with Crippen molar-refractivity contribution < 1.29 is 8.26 Å². The number of hydrogen-bond acceptors (Lipinski definition) is 1. The van der Waals surface area contributed by atoms with Gasteiger partial charge in [0.25, 0.3) is 0 Å². The van der Waals surface area contributed by atoms with Crippen molar-refractivity contribution in [2.45, 2.75) is 34.1 Å². The molecule has 1 saturated carbocycles. The Hall–Kier alpha value is 2.32. The zero-order valence-electron chi connectivity index (χ0n) is 10.4. The molecule has 1 rings (SSSR count). The van der Waals surface area contributed by atoms with E-state index in [2.05, 4.69) is 74.8 Å². The molecule has 95 valence electrons. The first-order valence-electron chi connectivity index (χ1n) is 5.05. The van der Waals surface area contributed by atoms with Gasteiger partial charge in [-0.3, -0.25) is 0 Å². The Morgan fingerprint density at radius 3 is 1.62 bits per heavy atom. The molecule has 1 fully saturated rings. The Balaban J connectivity index is 0.000000673. The summed E-state index contributed by atoms with van der Waals surface area (Å²) in [5, 5.41) is 0. The molecule has 0 saturated heterocycles. The summed E-state index contributed by atoms with van der Waals surface area (Å²) in [6.07, 6.45) is 3.40. The third kappa shape index (κ3) is 5.53. The molecule has 0 aromatic carbocycles. The van der Waals surface area contributed by atoms with Crippen molar-refractivity contribution in [1.82, 2.24) is 0 Å². The molecule has 0 aromatic heterocycles. The van der Waals surface area contributed by atoms with E-state index in [0.717, 1.165) is 0 Å². The van der Waals surface area contributed by atoms with Crippen molar-refractivity contribution in [3.8, 4) is 0 Å². The standard InChI is InChI=1S/C12H19S.Co.2HI/c1-8-9(2)11(4)12(10(8)3)6-7-13-5;;;/h6-7H2,1-5H3;;2*1H/q;+3;;/p-2. The normalized spacial score (nSPS) is 21.4. The van der Waals surface area contributed by atoms with Crippen molar-refractivity contribution in [3.05, 3.63) is 29.6 Å². The molecule has 0 N–H and O–H groups in total. The first-order valence-corrected chi connectivity index (χ1v) is 13.2. The van der Waals surface area contributed by atoms with Gasteiger partial charge in [0.15, 0.2) is 0 Å². The van der Waals surface area contributed by atoms with E-state index in [4.69, 9.17) is 0 Å². The van der Waals surface area contributed by atoms with E-state index in [-0.39, 0.29) is 0 Å². The molecule has 16 heavy (non-hydrogen) atoms. The zero-order chi connectivity index (χ0) is 12.7. The fourth-order valence-corrected chi connectivity index (χ4v) is 2.28. The molecule has 1 aliphatic carbocycles. The second kappa shape index (κ2) is 10.1.